The molecule has 0 aliphatic heterocycles. The van der Waals surface area contributed by atoms with Crippen LogP contribution in [-0.4, -0.2) is 38.0 Å². The summed E-state index contributed by atoms with van der Waals surface area (Å²) in [6.45, 7) is 6.45. The summed E-state index contributed by atoms with van der Waals surface area (Å²) in [6.07, 6.45) is 0.473. The summed E-state index contributed by atoms with van der Waals surface area (Å²) < 4.78 is 10.3. The van der Waals surface area contributed by atoms with Crippen LogP contribution in [-0.2, 0) is 19.1 Å². The van der Waals surface area contributed by atoms with E-state index in [1.807, 2.05) is 13.8 Å². The van der Waals surface area contributed by atoms with Crippen molar-refractivity contribution in [3.8, 4) is 0 Å². The largest absolute Gasteiger partial charge is 0.381 e. The summed E-state index contributed by atoms with van der Waals surface area (Å²) in [6, 6.07) is 0. The van der Waals surface area contributed by atoms with Gasteiger partial charge in [0.25, 0.3) is 0 Å². The molecule has 0 aromatic heterocycles. The smallest absolute Gasteiger partial charge is 0.155 e. The van der Waals surface area contributed by atoms with Gasteiger partial charge in [-0.25, -0.2) is 0 Å². The van der Waals surface area contributed by atoms with Crippen molar-refractivity contribution in [2.24, 2.45) is 5.92 Å². The van der Waals surface area contributed by atoms with Crippen molar-refractivity contribution in [1.29, 1.82) is 0 Å². The van der Waals surface area contributed by atoms with Gasteiger partial charge in [-0.3, -0.25) is 9.59 Å². The number of hydrogen-bond acceptors (Lipinski definition) is 4. The van der Waals surface area contributed by atoms with E-state index in [1.165, 1.54) is 6.92 Å². The molecule has 0 aliphatic rings. The minimum absolute atomic E-state index is 0.0332. The molecule has 0 rings (SSSR count). The van der Waals surface area contributed by atoms with Crippen LogP contribution in [0.4, 0.5) is 0 Å². The van der Waals surface area contributed by atoms with Crippen molar-refractivity contribution < 1.29 is 19.1 Å². The topological polar surface area (TPSA) is 52.6 Å². The minimum Gasteiger partial charge on any atom is -0.381 e. The van der Waals surface area contributed by atoms with E-state index in [1.54, 1.807) is 0 Å². The first-order valence-electron chi connectivity index (χ1n) is 5.29. The highest BCUT2D eigenvalue weighted by Gasteiger charge is 2.17. The van der Waals surface area contributed by atoms with Gasteiger partial charge >= 0.3 is 0 Å². The molecule has 0 N–H and O–H groups in total. The number of ether oxygens (including phenoxy) is 2. The fourth-order valence-corrected chi connectivity index (χ4v) is 1.13. The summed E-state index contributed by atoms with van der Waals surface area (Å²) in [5.41, 5.74) is 0. The van der Waals surface area contributed by atoms with Crippen LogP contribution >= 0.6 is 0 Å². The second kappa shape index (κ2) is 8.56. The number of ketones is 2. The van der Waals surface area contributed by atoms with Crippen LogP contribution in [0.25, 0.3) is 0 Å². The predicted molar refractivity (Wildman–Crippen MR) is 56.8 cm³/mol. The molecule has 88 valence electrons. The molecule has 4 nitrogen and oxygen atoms in total. The van der Waals surface area contributed by atoms with Crippen LogP contribution in [0.15, 0.2) is 0 Å². The summed E-state index contributed by atoms with van der Waals surface area (Å²) in [5, 5.41) is 0. The molecule has 0 saturated carbocycles. The second-order valence-electron chi connectivity index (χ2n) is 3.39. The zero-order valence-electron chi connectivity index (χ0n) is 9.75. The van der Waals surface area contributed by atoms with Gasteiger partial charge in [0, 0.05) is 13.0 Å². The van der Waals surface area contributed by atoms with Gasteiger partial charge in [0.1, 0.15) is 12.4 Å². The minimum atomic E-state index is -0.241. The van der Waals surface area contributed by atoms with E-state index in [2.05, 4.69) is 0 Å². The van der Waals surface area contributed by atoms with Gasteiger partial charge in [0.2, 0.25) is 0 Å². The van der Waals surface area contributed by atoms with Gasteiger partial charge in [-0.05, 0) is 13.8 Å². The van der Waals surface area contributed by atoms with Crippen LogP contribution in [0.2, 0.25) is 0 Å². The third-order valence-electron chi connectivity index (χ3n) is 1.95. The molecule has 0 radical (unpaired) electrons. The number of rotatable bonds is 9. The first-order valence-corrected chi connectivity index (χ1v) is 5.29. The van der Waals surface area contributed by atoms with Gasteiger partial charge in [-0.15, -0.1) is 0 Å². The van der Waals surface area contributed by atoms with Crippen molar-refractivity contribution in [2.45, 2.75) is 27.2 Å². The van der Waals surface area contributed by atoms with E-state index >= 15 is 0 Å². The summed E-state index contributed by atoms with van der Waals surface area (Å²) in [5.74, 6) is -0.157. The van der Waals surface area contributed by atoms with E-state index in [-0.39, 0.29) is 30.7 Å². The monoisotopic (exact) mass is 216 g/mol. The van der Waals surface area contributed by atoms with E-state index in [4.69, 9.17) is 9.47 Å². The standard InChI is InChI=1S/C11H20O4/c1-4-11(13)10(7-14-5-2)8-15-6-9(3)12/h10H,4-8H2,1-3H3. The quantitative estimate of drug-likeness (QED) is 0.581. The Morgan fingerprint density at radius 1 is 1.13 bits per heavy atom. The molecule has 0 heterocycles. The Balaban J connectivity index is 3.89. The molecule has 0 fully saturated rings. The van der Waals surface area contributed by atoms with E-state index < -0.39 is 0 Å². The molecule has 0 spiro atoms. The van der Waals surface area contributed by atoms with E-state index in [9.17, 15) is 9.59 Å². The highest BCUT2D eigenvalue weighted by Crippen LogP contribution is 2.04. The first-order chi connectivity index (χ1) is 7.11. The molecule has 4 heteroatoms. The lowest BCUT2D eigenvalue weighted by atomic mass is 10.0. The Kier molecular flexibility index (Phi) is 8.14. The van der Waals surface area contributed by atoms with E-state index in [0.29, 0.717) is 19.6 Å². The highest BCUT2D eigenvalue weighted by molar-refractivity contribution is 5.81. The number of hydrogen-bond donors (Lipinski definition) is 0. The third kappa shape index (κ3) is 7.22. The van der Waals surface area contributed by atoms with Crippen molar-refractivity contribution in [1.82, 2.24) is 0 Å². The number of Topliss-reactive ketones (excluding diaryl/α,β-unsaturated/α-hetero) is 2. The van der Waals surface area contributed by atoms with Crippen LogP contribution < -0.4 is 0 Å². The molecule has 0 saturated heterocycles. The molecule has 0 aromatic carbocycles. The Morgan fingerprint density at radius 3 is 2.20 bits per heavy atom. The molecule has 0 bridgehead atoms. The molecule has 15 heavy (non-hydrogen) atoms. The van der Waals surface area contributed by atoms with Gasteiger partial charge in [0.05, 0.1) is 19.1 Å². The summed E-state index contributed by atoms with van der Waals surface area (Å²) in [4.78, 5) is 22.1. The maximum atomic E-state index is 11.4. The molecular weight excluding hydrogens is 196 g/mol. The summed E-state index contributed by atoms with van der Waals surface area (Å²) in [7, 11) is 0. The van der Waals surface area contributed by atoms with E-state index in [0.717, 1.165) is 0 Å². The average molecular weight is 216 g/mol. The summed E-state index contributed by atoms with van der Waals surface area (Å²) >= 11 is 0. The van der Waals surface area contributed by atoms with Crippen LogP contribution in [0.3, 0.4) is 0 Å². The molecular formula is C11H20O4. The molecule has 1 unspecified atom stereocenters. The lowest BCUT2D eigenvalue weighted by molar-refractivity contribution is -0.130. The fourth-order valence-electron chi connectivity index (χ4n) is 1.13. The fraction of sp³-hybridized carbons (Fsp3) is 0.818. The van der Waals surface area contributed by atoms with Crippen molar-refractivity contribution in [3.63, 3.8) is 0 Å². The molecule has 1 atom stereocenters. The maximum absolute atomic E-state index is 11.4. The van der Waals surface area contributed by atoms with Gasteiger partial charge < -0.3 is 9.47 Å². The molecule has 0 amide bonds. The Hall–Kier alpha value is -0.740. The second-order valence-corrected chi connectivity index (χ2v) is 3.39. The Labute approximate surface area is 90.9 Å². The SMILES string of the molecule is CCOCC(COCC(C)=O)C(=O)CC. The molecule has 0 aromatic rings. The van der Waals surface area contributed by atoms with Crippen molar-refractivity contribution in [3.05, 3.63) is 0 Å². The van der Waals surface area contributed by atoms with Crippen LogP contribution in [0.1, 0.15) is 27.2 Å². The number of carbonyl (C=O) groups excluding carboxylic acids is 2. The predicted octanol–water partition coefficient (Wildman–Crippen LogP) is 1.22. The maximum Gasteiger partial charge on any atom is 0.155 e. The Morgan fingerprint density at radius 2 is 1.73 bits per heavy atom. The van der Waals surface area contributed by atoms with Gasteiger partial charge in [-0.1, -0.05) is 6.92 Å². The van der Waals surface area contributed by atoms with Gasteiger partial charge in [0.15, 0.2) is 5.78 Å². The lowest BCUT2D eigenvalue weighted by Gasteiger charge is -2.14. The average Bonchev–Trinajstić information content (AvgIpc) is 2.21. The zero-order valence-corrected chi connectivity index (χ0v) is 9.75. The van der Waals surface area contributed by atoms with Crippen molar-refractivity contribution >= 4 is 11.6 Å². The zero-order chi connectivity index (χ0) is 11.7. The molecule has 0 aliphatic carbocycles. The third-order valence-corrected chi connectivity index (χ3v) is 1.95. The normalized spacial score (nSPS) is 12.5. The van der Waals surface area contributed by atoms with Crippen molar-refractivity contribution in [2.75, 3.05) is 26.4 Å². The van der Waals surface area contributed by atoms with Crippen LogP contribution in [0.5, 0.6) is 0 Å². The number of carbonyl (C=O) groups is 2. The lowest BCUT2D eigenvalue weighted by Crippen LogP contribution is -2.26. The highest BCUT2D eigenvalue weighted by atomic mass is 16.5. The van der Waals surface area contributed by atoms with Gasteiger partial charge in [-0.2, -0.15) is 0 Å². The Bertz CT molecular complexity index is 201. The first kappa shape index (κ1) is 14.3. The van der Waals surface area contributed by atoms with Crippen LogP contribution in [0, 0.1) is 5.92 Å².